The third-order valence-electron chi connectivity index (χ3n) is 5.66. The SMILES string of the molecule is CCCC[C@@H]1CN(c2ccc(F)cc2)c2cc(SC)c(O/C=C(\F)C(=O)O)cc2S(O)(O)N1C. The van der Waals surface area contributed by atoms with Gasteiger partial charge in [0.25, 0.3) is 0 Å². The third kappa shape index (κ3) is 5.49. The number of benzene rings is 2. The average molecular weight is 515 g/mol. The summed E-state index contributed by atoms with van der Waals surface area (Å²) in [4.78, 5) is 13.4. The number of carboxylic acid groups (broad SMARTS) is 1. The van der Waals surface area contributed by atoms with Gasteiger partial charge in [0, 0.05) is 31.4 Å². The first kappa shape index (κ1) is 26.3. The standard InChI is InChI=1S/C23H28F2N2O5S2/c1-4-5-6-17-13-27(16-9-7-15(24)8-10-16)19-11-21(33-3)20(32-14-18(25)23(28)29)12-22(19)34(30,31)26(17)2/h7-12,14,17,30-31H,4-6,13H2,1-3H3,(H,28,29)/b18-14-/t17-/m1/s1. The minimum absolute atomic E-state index is 0.0853. The van der Waals surface area contributed by atoms with Crippen LogP contribution in [0, 0.1) is 5.82 Å². The van der Waals surface area contributed by atoms with Gasteiger partial charge >= 0.3 is 5.97 Å². The number of rotatable bonds is 8. The van der Waals surface area contributed by atoms with Crippen LogP contribution in [-0.2, 0) is 4.79 Å². The minimum atomic E-state index is -3.49. The monoisotopic (exact) mass is 514 g/mol. The van der Waals surface area contributed by atoms with Crippen LogP contribution in [0.1, 0.15) is 26.2 Å². The van der Waals surface area contributed by atoms with Crippen molar-refractivity contribution in [3.05, 3.63) is 54.3 Å². The van der Waals surface area contributed by atoms with Crippen LogP contribution in [-0.4, -0.2) is 50.4 Å². The summed E-state index contributed by atoms with van der Waals surface area (Å²) in [5.74, 6) is -3.56. The molecule has 0 radical (unpaired) electrons. The highest BCUT2D eigenvalue weighted by Crippen LogP contribution is 2.60. The number of hydrogen-bond donors (Lipinski definition) is 3. The molecule has 2 aromatic carbocycles. The number of hydrogen-bond acceptors (Lipinski definition) is 7. The lowest BCUT2D eigenvalue weighted by Gasteiger charge is -2.43. The molecule has 0 saturated carbocycles. The van der Waals surface area contributed by atoms with Crippen molar-refractivity contribution in [1.29, 1.82) is 0 Å². The van der Waals surface area contributed by atoms with Crippen LogP contribution in [0.2, 0.25) is 0 Å². The van der Waals surface area contributed by atoms with Gasteiger partial charge in [0.1, 0.15) is 22.7 Å². The van der Waals surface area contributed by atoms with Gasteiger partial charge in [0.2, 0.25) is 5.83 Å². The zero-order valence-electron chi connectivity index (χ0n) is 19.1. The largest absolute Gasteiger partial charge is 0.476 e. The number of thioether (sulfide) groups is 1. The van der Waals surface area contributed by atoms with E-state index in [0.29, 0.717) is 35.5 Å². The summed E-state index contributed by atoms with van der Waals surface area (Å²) in [6.07, 6.45) is 4.75. The number of ether oxygens (including phenoxy) is 1. The molecule has 34 heavy (non-hydrogen) atoms. The maximum atomic E-state index is 13.6. The van der Waals surface area contributed by atoms with Gasteiger partial charge in [-0.1, -0.05) is 19.8 Å². The Morgan fingerprint density at radius 3 is 2.56 bits per heavy atom. The number of carbonyl (C=O) groups is 1. The van der Waals surface area contributed by atoms with Crippen molar-refractivity contribution in [3.63, 3.8) is 0 Å². The van der Waals surface area contributed by atoms with Crippen LogP contribution in [0.3, 0.4) is 0 Å². The Morgan fingerprint density at radius 2 is 1.97 bits per heavy atom. The molecule has 0 spiro atoms. The van der Waals surface area contributed by atoms with E-state index in [4.69, 9.17) is 9.84 Å². The first-order chi connectivity index (χ1) is 16.1. The summed E-state index contributed by atoms with van der Waals surface area (Å²) in [7, 11) is -1.85. The molecule has 11 heteroatoms. The van der Waals surface area contributed by atoms with Crippen LogP contribution in [0.25, 0.3) is 0 Å². The van der Waals surface area contributed by atoms with Crippen LogP contribution in [0.4, 0.5) is 20.2 Å². The Kier molecular flexibility index (Phi) is 8.47. The number of fused-ring (bicyclic) bond motifs is 1. The molecule has 0 aliphatic carbocycles. The smallest absolute Gasteiger partial charge is 0.368 e. The van der Waals surface area contributed by atoms with Gasteiger partial charge < -0.3 is 14.7 Å². The molecule has 0 saturated heterocycles. The highest BCUT2D eigenvalue weighted by molar-refractivity contribution is 8.22. The summed E-state index contributed by atoms with van der Waals surface area (Å²) >= 11 is 1.27. The first-order valence-corrected chi connectivity index (χ1v) is 13.3. The van der Waals surface area contributed by atoms with Crippen molar-refractivity contribution < 1.29 is 32.5 Å². The second kappa shape index (κ2) is 11.0. The second-order valence-corrected chi connectivity index (χ2v) is 10.7. The van der Waals surface area contributed by atoms with E-state index in [2.05, 4.69) is 6.92 Å². The Labute approximate surface area is 203 Å². The Balaban J connectivity index is 2.20. The van der Waals surface area contributed by atoms with Crippen molar-refractivity contribution in [2.45, 2.75) is 42.0 Å². The molecule has 1 aliphatic rings. The molecule has 0 fully saturated rings. The van der Waals surface area contributed by atoms with E-state index in [9.17, 15) is 22.7 Å². The molecular weight excluding hydrogens is 486 g/mol. The average Bonchev–Trinajstić information content (AvgIpc) is 2.89. The van der Waals surface area contributed by atoms with Gasteiger partial charge in [0.15, 0.2) is 0 Å². The van der Waals surface area contributed by atoms with Crippen molar-refractivity contribution in [1.82, 2.24) is 4.31 Å². The maximum Gasteiger partial charge on any atom is 0.368 e. The van der Waals surface area contributed by atoms with E-state index in [1.165, 1.54) is 30.0 Å². The number of halogens is 2. The van der Waals surface area contributed by atoms with Gasteiger partial charge in [-0.2, -0.15) is 4.39 Å². The maximum absolute atomic E-state index is 13.6. The molecule has 7 nitrogen and oxygen atoms in total. The molecule has 0 unspecified atom stereocenters. The van der Waals surface area contributed by atoms with Crippen LogP contribution >= 0.6 is 22.5 Å². The highest BCUT2D eigenvalue weighted by Gasteiger charge is 2.38. The molecule has 2 aromatic rings. The highest BCUT2D eigenvalue weighted by atomic mass is 32.3. The van der Waals surface area contributed by atoms with E-state index in [1.807, 2.05) is 4.90 Å². The normalized spacial score (nSPS) is 19.3. The lowest BCUT2D eigenvalue weighted by molar-refractivity contribution is -0.134. The Hall–Kier alpha value is -2.31. The molecule has 0 amide bonds. The van der Waals surface area contributed by atoms with Crippen molar-refractivity contribution >= 4 is 39.9 Å². The quantitative estimate of drug-likeness (QED) is 0.209. The fourth-order valence-corrected chi connectivity index (χ4v) is 5.89. The molecular formula is C23H28F2N2O5S2. The molecule has 3 N–H and O–H groups in total. The number of anilines is 2. The van der Waals surface area contributed by atoms with E-state index < -0.39 is 22.6 Å². The predicted molar refractivity (Wildman–Crippen MR) is 131 cm³/mol. The molecule has 0 bridgehead atoms. The third-order valence-corrected chi connectivity index (χ3v) is 8.44. The zero-order valence-corrected chi connectivity index (χ0v) is 20.7. The molecule has 1 heterocycles. The number of carboxylic acids is 1. The van der Waals surface area contributed by atoms with Gasteiger partial charge in [-0.25, -0.2) is 13.5 Å². The van der Waals surface area contributed by atoms with Gasteiger partial charge in [-0.15, -0.1) is 22.5 Å². The van der Waals surface area contributed by atoms with Crippen LogP contribution in [0.5, 0.6) is 5.75 Å². The summed E-state index contributed by atoms with van der Waals surface area (Å²) < 4.78 is 56.7. The zero-order chi connectivity index (χ0) is 25.0. The second-order valence-electron chi connectivity index (χ2n) is 7.81. The molecule has 3 rings (SSSR count). The van der Waals surface area contributed by atoms with Crippen LogP contribution < -0.4 is 9.64 Å². The molecule has 0 aromatic heterocycles. The lowest BCUT2D eigenvalue weighted by atomic mass is 10.1. The van der Waals surface area contributed by atoms with E-state index in [0.717, 1.165) is 12.8 Å². The van der Waals surface area contributed by atoms with Crippen molar-refractivity contribution in [3.8, 4) is 5.75 Å². The Bertz CT molecular complexity index is 1070. The van der Waals surface area contributed by atoms with Gasteiger partial charge in [-0.3, -0.25) is 9.11 Å². The number of nitrogens with zero attached hydrogens (tertiary/aromatic N) is 2. The number of unbranched alkanes of at least 4 members (excludes halogenated alkanes) is 1. The predicted octanol–water partition coefficient (Wildman–Crippen LogP) is 6.49. The van der Waals surface area contributed by atoms with Gasteiger partial charge in [-0.05, 0) is 43.0 Å². The fourth-order valence-electron chi connectivity index (χ4n) is 3.74. The minimum Gasteiger partial charge on any atom is -0.476 e. The summed E-state index contributed by atoms with van der Waals surface area (Å²) in [6.45, 7) is 2.48. The summed E-state index contributed by atoms with van der Waals surface area (Å²) in [5, 5.41) is 8.77. The first-order valence-electron chi connectivity index (χ1n) is 10.6. The summed E-state index contributed by atoms with van der Waals surface area (Å²) in [5.41, 5.74) is 1.17. The number of likely N-dealkylation sites (N-methyl/N-ethyl adjacent to an activating group) is 1. The van der Waals surface area contributed by atoms with Crippen molar-refractivity contribution in [2.24, 2.45) is 0 Å². The Morgan fingerprint density at radius 1 is 1.29 bits per heavy atom. The van der Waals surface area contributed by atoms with E-state index in [-0.39, 0.29) is 22.5 Å². The van der Waals surface area contributed by atoms with Crippen molar-refractivity contribution in [2.75, 3.05) is 24.7 Å². The molecule has 1 aliphatic heterocycles. The van der Waals surface area contributed by atoms with E-state index >= 15 is 0 Å². The van der Waals surface area contributed by atoms with E-state index in [1.54, 1.807) is 35.8 Å². The summed E-state index contributed by atoms with van der Waals surface area (Å²) in [6, 6.07) is 8.80. The topological polar surface area (TPSA) is 93.5 Å². The van der Waals surface area contributed by atoms with Crippen LogP contribution in [0.15, 0.2) is 58.3 Å². The lowest BCUT2D eigenvalue weighted by Crippen LogP contribution is -2.39. The van der Waals surface area contributed by atoms with Gasteiger partial charge in [0.05, 0.1) is 10.6 Å². The number of aliphatic carboxylic acids is 1. The fraction of sp³-hybridized carbons (Fsp3) is 0.348. The molecule has 1 atom stereocenters. The molecule has 186 valence electrons.